The maximum absolute atomic E-state index is 12.8. The monoisotopic (exact) mass is 396 g/mol. The Morgan fingerprint density at radius 3 is 2.46 bits per heavy atom. The number of amides is 1. The van der Waals surface area contributed by atoms with E-state index in [0.717, 1.165) is 28.6 Å². The van der Waals surface area contributed by atoms with Crippen molar-refractivity contribution in [1.29, 1.82) is 0 Å². The number of hydrogen-bond donors (Lipinski definition) is 0. The fourth-order valence-corrected chi connectivity index (χ4v) is 3.48. The van der Waals surface area contributed by atoms with Gasteiger partial charge in [-0.3, -0.25) is 4.79 Å². The molecule has 0 aliphatic heterocycles. The molecule has 2 aromatic carbocycles. The third-order valence-electron chi connectivity index (χ3n) is 4.18. The number of nitrogens with zero attached hydrogens (tertiary/aromatic N) is 2. The van der Waals surface area contributed by atoms with Crippen LogP contribution in [0.5, 0.6) is 11.5 Å². The lowest BCUT2D eigenvalue weighted by molar-refractivity contribution is 0.0741. The smallest absolute Gasteiger partial charge is 0.254 e. The molecule has 0 spiro atoms. The zero-order chi connectivity index (χ0) is 19.8. The van der Waals surface area contributed by atoms with Crippen LogP contribution in [0.2, 0.25) is 0 Å². The third-order valence-corrected chi connectivity index (χ3v) is 5.05. The fourth-order valence-electron chi connectivity index (χ4n) is 2.79. The van der Waals surface area contributed by atoms with Crippen molar-refractivity contribution in [2.75, 3.05) is 13.7 Å². The van der Waals surface area contributed by atoms with Crippen LogP contribution in [0.3, 0.4) is 0 Å². The van der Waals surface area contributed by atoms with Crippen LogP contribution in [0.1, 0.15) is 34.4 Å². The summed E-state index contributed by atoms with van der Waals surface area (Å²) in [6.07, 6.45) is 0.899. The molecule has 0 aliphatic carbocycles. The van der Waals surface area contributed by atoms with Gasteiger partial charge in [-0.1, -0.05) is 25.1 Å². The van der Waals surface area contributed by atoms with Crippen LogP contribution >= 0.6 is 11.3 Å². The Balaban J connectivity index is 1.60. The Morgan fingerprint density at radius 1 is 1.07 bits per heavy atom. The van der Waals surface area contributed by atoms with E-state index in [2.05, 4.69) is 11.9 Å². The van der Waals surface area contributed by atoms with Crippen LogP contribution in [0, 0.1) is 0 Å². The number of ether oxygens (including phenoxy) is 2. The van der Waals surface area contributed by atoms with E-state index in [4.69, 9.17) is 9.47 Å². The van der Waals surface area contributed by atoms with Crippen molar-refractivity contribution >= 4 is 17.2 Å². The van der Waals surface area contributed by atoms with Crippen LogP contribution in [0.15, 0.2) is 60.0 Å². The van der Waals surface area contributed by atoms with E-state index in [1.165, 1.54) is 0 Å². The molecule has 3 rings (SSSR count). The lowest BCUT2D eigenvalue weighted by atomic mass is 10.2. The molecule has 28 heavy (non-hydrogen) atoms. The Morgan fingerprint density at radius 2 is 1.79 bits per heavy atom. The molecule has 5 nitrogen and oxygen atoms in total. The molecule has 0 unspecified atom stereocenters. The highest BCUT2D eigenvalue weighted by Gasteiger charge is 2.16. The van der Waals surface area contributed by atoms with Gasteiger partial charge in [0.2, 0.25) is 0 Å². The lowest BCUT2D eigenvalue weighted by Gasteiger charge is -2.21. The predicted octanol–water partition coefficient (Wildman–Crippen LogP) is 4.78. The molecule has 0 aliphatic rings. The minimum absolute atomic E-state index is 0.0338. The maximum Gasteiger partial charge on any atom is 0.254 e. The van der Waals surface area contributed by atoms with Crippen LogP contribution in [0.4, 0.5) is 0 Å². The van der Waals surface area contributed by atoms with Crippen molar-refractivity contribution in [3.8, 4) is 11.5 Å². The van der Waals surface area contributed by atoms with Crippen LogP contribution < -0.4 is 9.47 Å². The predicted molar refractivity (Wildman–Crippen MR) is 111 cm³/mol. The largest absolute Gasteiger partial charge is 0.497 e. The summed E-state index contributed by atoms with van der Waals surface area (Å²) in [5, 5.41) is 2.88. The van der Waals surface area contributed by atoms with E-state index >= 15 is 0 Å². The first kappa shape index (κ1) is 19.9. The molecule has 3 aromatic rings. The highest BCUT2D eigenvalue weighted by Crippen LogP contribution is 2.20. The number of benzene rings is 2. The van der Waals surface area contributed by atoms with Crippen molar-refractivity contribution in [1.82, 2.24) is 9.88 Å². The summed E-state index contributed by atoms with van der Waals surface area (Å²) in [5.41, 5.74) is 1.59. The third kappa shape index (κ3) is 5.33. The molecule has 1 aromatic heterocycles. The molecular weight excluding hydrogens is 372 g/mol. The standard InChI is InChI=1S/C22H24N2O3S/c1-3-13-24(22(25)17-7-5-4-6-8-17)14-18-16-28-21(23-18)15-27-20-11-9-19(26-2)10-12-20/h4-12,16H,3,13-15H2,1-2H3. The molecule has 1 amide bonds. The molecular formula is C22H24N2O3S. The summed E-state index contributed by atoms with van der Waals surface area (Å²) >= 11 is 1.55. The minimum atomic E-state index is 0.0338. The second-order valence-electron chi connectivity index (χ2n) is 6.29. The van der Waals surface area contributed by atoms with Gasteiger partial charge < -0.3 is 14.4 Å². The molecule has 0 radical (unpaired) electrons. The zero-order valence-electron chi connectivity index (χ0n) is 16.1. The Bertz CT molecular complexity index is 878. The normalized spacial score (nSPS) is 10.5. The molecule has 0 atom stereocenters. The van der Waals surface area contributed by atoms with Crippen molar-refractivity contribution in [3.05, 3.63) is 76.2 Å². The molecule has 0 saturated heterocycles. The quantitative estimate of drug-likeness (QED) is 0.522. The second-order valence-corrected chi connectivity index (χ2v) is 7.23. The maximum atomic E-state index is 12.8. The summed E-state index contributed by atoms with van der Waals surface area (Å²) in [7, 11) is 1.64. The number of hydrogen-bond acceptors (Lipinski definition) is 5. The first-order valence-electron chi connectivity index (χ1n) is 9.24. The average Bonchev–Trinajstić information content (AvgIpc) is 3.20. The number of rotatable bonds is 9. The van der Waals surface area contributed by atoms with E-state index in [0.29, 0.717) is 25.3 Å². The summed E-state index contributed by atoms with van der Waals surface area (Å²) in [6.45, 7) is 3.67. The molecule has 0 N–H and O–H groups in total. The Labute approximate surface area is 169 Å². The zero-order valence-corrected chi connectivity index (χ0v) is 16.9. The Kier molecular flexibility index (Phi) is 7.03. The lowest BCUT2D eigenvalue weighted by Crippen LogP contribution is -2.31. The molecule has 146 valence electrons. The number of thiazole rings is 1. The number of methoxy groups -OCH3 is 1. The van der Waals surface area contributed by atoms with Gasteiger partial charge in [0.25, 0.3) is 5.91 Å². The number of aromatic nitrogens is 1. The second kappa shape index (κ2) is 9.90. The minimum Gasteiger partial charge on any atom is -0.497 e. The van der Waals surface area contributed by atoms with Gasteiger partial charge in [0.05, 0.1) is 19.3 Å². The summed E-state index contributed by atoms with van der Waals surface area (Å²) in [4.78, 5) is 19.3. The average molecular weight is 397 g/mol. The molecule has 0 fully saturated rings. The molecule has 0 saturated carbocycles. The highest BCUT2D eigenvalue weighted by atomic mass is 32.1. The van der Waals surface area contributed by atoms with Crippen molar-refractivity contribution in [2.24, 2.45) is 0 Å². The van der Waals surface area contributed by atoms with Crippen molar-refractivity contribution in [3.63, 3.8) is 0 Å². The molecule has 0 bridgehead atoms. The van der Waals surface area contributed by atoms with Gasteiger partial charge >= 0.3 is 0 Å². The first-order valence-corrected chi connectivity index (χ1v) is 10.1. The van der Waals surface area contributed by atoms with E-state index in [9.17, 15) is 4.79 Å². The summed E-state index contributed by atoms with van der Waals surface area (Å²) < 4.78 is 10.9. The Hall–Kier alpha value is -2.86. The van der Waals surface area contributed by atoms with E-state index in [-0.39, 0.29) is 5.91 Å². The van der Waals surface area contributed by atoms with Crippen LogP contribution in [0.25, 0.3) is 0 Å². The number of carbonyl (C=O) groups is 1. The van der Waals surface area contributed by atoms with Gasteiger partial charge in [-0.15, -0.1) is 11.3 Å². The van der Waals surface area contributed by atoms with Gasteiger partial charge in [-0.25, -0.2) is 4.98 Å². The van der Waals surface area contributed by atoms with Gasteiger partial charge in [0.15, 0.2) is 0 Å². The summed E-state index contributed by atoms with van der Waals surface area (Å²) in [6, 6.07) is 16.8. The van der Waals surface area contributed by atoms with Crippen molar-refractivity contribution in [2.45, 2.75) is 26.5 Å². The number of carbonyl (C=O) groups excluding carboxylic acids is 1. The summed E-state index contributed by atoms with van der Waals surface area (Å²) in [5.74, 6) is 1.60. The van der Waals surface area contributed by atoms with Crippen LogP contribution in [-0.4, -0.2) is 29.4 Å². The van der Waals surface area contributed by atoms with Gasteiger partial charge in [-0.05, 0) is 42.8 Å². The van der Waals surface area contributed by atoms with Gasteiger partial charge in [0.1, 0.15) is 23.1 Å². The van der Waals surface area contributed by atoms with Gasteiger partial charge in [0, 0.05) is 17.5 Å². The highest BCUT2D eigenvalue weighted by molar-refractivity contribution is 7.09. The van der Waals surface area contributed by atoms with E-state index < -0.39 is 0 Å². The van der Waals surface area contributed by atoms with Crippen LogP contribution in [-0.2, 0) is 13.2 Å². The SMILES string of the molecule is CCCN(Cc1csc(COc2ccc(OC)cc2)n1)C(=O)c1ccccc1. The fraction of sp³-hybridized carbons (Fsp3) is 0.273. The van der Waals surface area contributed by atoms with Gasteiger partial charge in [-0.2, -0.15) is 0 Å². The topological polar surface area (TPSA) is 51.7 Å². The molecule has 1 heterocycles. The van der Waals surface area contributed by atoms with Crippen molar-refractivity contribution < 1.29 is 14.3 Å². The van der Waals surface area contributed by atoms with E-state index in [1.807, 2.05) is 64.9 Å². The molecule has 6 heteroatoms. The first-order chi connectivity index (χ1) is 13.7. The van der Waals surface area contributed by atoms with E-state index in [1.54, 1.807) is 18.4 Å².